The van der Waals surface area contributed by atoms with Gasteiger partial charge in [0.15, 0.2) is 0 Å². The van der Waals surface area contributed by atoms with Gasteiger partial charge in [0.25, 0.3) is 5.91 Å². The number of nitrogens with zero attached hydrogens (tertiary/aromatic N) is 2. The van der Waals surface area contributed by atoms with Crippen LogP contribution in [0.4, 0.5) is 5.69 Å². The largest absolute Gasteiger partial charge is 0.390 e. The van der Waals surface area contributed by atoms with Crippen LogP contribution in [-0.2, 0) is 4.74 Å². The molecule has 1 saturated heterocycles. The van der Waals surface area contributed by atoms with Crippen molar-refractivity contribution in [1.29, 1.82) is 0 Å². The summed E-state index contributed by atoms with van der Waals surface area (Å²) in [5.74, 6) is -0.352. The van der Waals surface area contributed by atoms with Gasteiger partial charge in [-0.15, -0.1) is 0 Å². The molecule has 1 amide bonds. The SMILES string of the molecule is CC[C@]1(O)[C@H](O)C[C@H](c2ccncc2NC(=O)c2ccccn2)O[C@@H]1C. The van der Waals surface area contributed by atoms with Gasteiger partial charge in [0.2, 0.25) is 0 Å². The fourth-order valence-electron chi connectivity index (χ4n) is 3.29. The topological polar surface area (TPSA) is 105 Å². The van der Waals surface area contributed by atoms with Crippen LogP contribution in [-0.4, -0.2) is 43.9 Å². The van der Waals surface area contributed by atoms with Crippen molar-refractivity contribution >= 4 is 11.6 Å². The highest BCUT2D eigenvalue weighted by atomic mass is 16.5. The van der Waals surface area contributed by atoms with Crippen LogP contribution < -0.4 is 5.32 Å². The van der Waals surface area contributed by atoms with Gasteiger partial charge in [0.1, 0.15) is 11.3 Å². The third-order valence-electron chi connectivity index (χ3n) is 5.00. The molecule has 0 radical (unpaired) electrons. The molecule has 1 fully saturated rings. The lowest BCUT2D eigenvalue weighted by Gasteiger charge is -2.45. The predicted molar refractivity (Wildman–Crippen MR) is 95.6 cm³/mol. The predicted octanol–water partition coefficient (Wildman–Crippen LogP) is 2.08. The van der Waals surface area contributed by atoms with E-state index in [1.807, 2.05) is 6.92 Å². The molecule has 0 unspecified atom stereocenters. The standard InChI is InChI=1S/C19H23N3O4/c1-3-19(25)12(2)26-16(10-17(19)23)13-7-9-20-11-15(13)22-18(24)14-6-4-5-8-21-14/h4-9,11-12,16-17,23,25H,3,10H2,1-2H3,(H,22,24)/t12-,16-,17-,19-/m1/s1. The molecule has 0 spiro atoms. The molecule has 0 saturated carbocycles. The van der Waals surface area contributed by atoms with Gasteiger partial charge in [0, 0.05) is 24.4 Å². The molecular weight excluding hydrogens is 334 g/mol. The number of anilines is 1. The number of aromatic nitrogens is 2. The molecule has 0 aliphatic carbocycles. The molecule has 2 aromatic heterocycles. The Morgan fingerprint density at radius 2 is 2.19 bits per heavy atom. The molecule has 1 aliphatic heterocycles. The molecule has 7 heteroatoms. The summed E-state index contributed by atoms with van der Waals surface area (Å²) in [4.78, 5) is 20.5. The molecule has 3 heterocycles. The summed E-state index contributed by atoms with van der Waals surface area (Å²) in [5.41, 5.74) is 0.212. The Hall–Kier alpha value is -2.35. The second-order valence-electron chi connectivity index (χ2n) is 6.50. The van der Waals surface area contributed by atoms with E-state index in [1.54, 1.807) is 43.6 Å². The highest BCUT2D eigenvalue weighted by Crippen LogP contribution is 2.40. The van der Waals surface area contributed by atoms with Crippen molar-refractivity contribution in [2.24, 2.45) is 0 Å². The first kappa shape index (κ1) is 18.4. The van der Waals surface area contributed by atoms with Gasteiger partial charge < -0.3 is 20.3 Å². The van der Waals surface area contributed by atoms with E-state index in [-0.39, 0.29) is 12.3 Å². The number of carbonyl (C=O) groups is 1. The van der Waals surface area contributed by atoms with Crippen LogP contribution in [0.5, 0.6) is 0 Å². The Balaban J connectivity index is 1.83. The molecule has 0 aromatic carbocycles. The molecule has 4 atom stereocenters. The second-order valence-corrected chi connectivity index (χ2v) is 6.50. The highest BCUT2D eigenvalue weighted by molar-refractivity contribution is 6.03. The Morgan fingerprint density at radius 3 is 2.85 bits per heavy atom. The zero-order valence-corrected chi connectivity index (χ0v) is 14.8. The summed E-state index contributed by atoms with van der Waals surface area (Å²) >= 11 is 0. The molecule has 3 N–H and O–H groups in total. The third-order valence-corrected chi connectivity index (χ3v) is 5.00. The minimum absolute atomic E-state index is 0.227. The van der Waals surface area contributed by atoms with E-state index >= 15 is 0 Å². The van der Waals surface area contributed by atoms with Crippen molar-refractivity contribution in [2.75, 3.05) is 5.32 Å². The zero-order chi connectivity index (χ0) is 18.7. The minimum atomic E-state index is -1.28. The summed E-state index contributed by atoms with van der Waals surface area (Å²) < 4.78 is 5.97. The second kappa shape index (κ2) is 7.49. The Bertz CT molecular complexity index is 756. The van der Waals surface area contributed by atoms with Crippen LogP contribution in [0.25, 0.3) is 0 Å². The number of hydrogen-bond acceptors (Lipinski definition) is 6. The number of ether oxygens (including phenoxy) is 1. The minimum Gasteiger partial charge on any atom is -0.390 e. The molecule has 1 aliphatic rings. The average Bonchev–Trinajstić information content (AvgIpc) is 2.66. The summed E-state index contributed by atoms with van der Waals surface area (Å²) in [6.07, 6.45) is 3.38. The van der Waals surface area contributed by atoms with Gasteiger partial charge in [-0.25, -0.2) is 0 Å². The zero-order valence-electron chi connectivity index (χ0n) is 14.8. The molecule has 0 bridgehead atoms. The first-order valence-corrected chi connectivity index (χ1v) is 8.68. The van der Waals surface area contributed by atoms with E-state index in [0.29, 0.717) is 23.4 Å². The van der Waals surface area contributed by atoms with Gasteiger partial charge in [-0.1, -0.05) is 13.0 Å². The first-order chi connectivity index (χ1) is 12.5. The highest BCUT2D eigenvalue weighted by Gasteiger charge is 2.47. The van der Waals surface area contributed by atoms with Crippen molar-refractivity contribution in [1.82, 2.24) is 9.97 Å². The smallest absolute Gasteiger partial charge is 0.274 e. The van der Waals surface area contributed by atoms with Gasteiger partial charge in [0.05, 0.1) is 30.2 Å². The number of rotatable bonds is 4. The maximum Gasteiger partial charge on any atom is 0.274 e. The maximum atomic E-state index is 12.4. The Labute approximate surface area is 152 Å². The fourth-order valence-corrected chi connectivity index (χ4v) is 3.29. The average molecular weight is 357 g/mol. The molecule has 138 valence electrons. The molecule has 26 heavy (non-hydrogen) atoms. The Morgan fingerprint density at radius 1 is 1.38 bits per heavy atom. The number of pyridine rings is 2. The van der Waals surface area contributed by atoms with Gasteiger partial charge in [-0.3, -0.25) is 14.8 Å². The molecule has 7 nitrogen and oxygen atoms in total. The van der Waals surface area contributed by atoms with Crippen molar-refractivity contribution in [3.8, 4) is 0 Å². The lowest BCUT2D eigenvalue weighted by molar-refractivity contribution is -0.224. The number of nitrogens with one attached hydrogen (secondary N) is 1. The van der Waals surface area contributed by atoms with Crippen LogP contribution >= 0.6 is 0 Å². The van der Waals surface area contributed by atoms with Gasteiger partial charge in [-0.05, 0) is 31.5 Å². The van der Waals surface area contributed by atoms with E-state index in [2.05, 4.69) is 15.3 Å². The fraction of sp³-hybridized carbons (Fsp3) is 0.421. The lowest BCUT2D eigenvalue weighted by atomic mass is 9.81. The lowest BCUT2D eigenvalue weighted by Crippen LogP contribution is -2.56. The van der Waals surface area contributed by atoms with Crippen LogP contribution in [0.2, 0.25) is 0 Å². The number of aliphatic hydroxyl groups is 2. The molecule has 3 rings (SSSR count). The maximum absolute atomic E-state index is 12.4. The number of hydrogen-bond donors (Lipinski definition) is 3. The van der Waals surface area contributed by atoms with Gasteiger partial charge in [-0.2, -0.15) is 0 Å². The normalized spacial score (nSPS) is 28.5. The van der Waals surface area contributed by atoms with Crippen molar-refractivity contribution in [2.45, 2.75) is 50.6 Å². The van der Waals surface area contributed by atoms with E-state index < -0.39 is 23.9 Å². The van der Waals surface area contributed by atoms with Gasteiger partial charge >= 0.3 is 0 Å². The monoisotopic (exact) mass is 357 g/mol. The Kier molecular flexibility index (Phi) is 5.31. The first-order valence-electron chi connectivity index (χ1n) is 8.68. The van der Waals surface area contributed by atoms with Crippen molar-refractivity contribution in [3.05, 3.63) is 54.1 Å². The van der Waals surface area contributed by atoms with Crippen LogP contribution in [0.15, 0.2) is 42.9 Å². The quantitative estimate of drug-likeness (QED) is 0.774. The molecular formula is C19H23N3O4. The number of aliphatic hydroxyl groups excluding tert-OH is 1. The summed E-state index contributed by atoms with van der Waals surface area (Å²) in [5, 5.41) is 23.8. The van der Waals surface area contributed by atoms with E-state index in [1.165, 1.54) is 6.20 Å². The summed E-state index contributed by atoms with van der Waals surface area (Å²) in [6, 6.07) is 6.84. The van der Waals surface area contributed by atoms with Crippen LogP contribution in [0.1, 0.15) is 48.8 Å². The van der Waals surface area contributed by atoms with Crippen molar-refractivity contribution < 1.29 is 19.7 Å². The van der Waals surface area contributed by atoms with Crippen LogP contribution in [0.3, 0.4) is 0 Å². The number of amides is 1. The summed E-state index contributed by atoms with van der Waals surface area (Å²) in [7, 11) is 0. The van der Waals surface area contributed by atoms with Crippen molar-refractivity contribution in [3.63, 3.8) is 0 Å². The number of carbonyl (C=O) groups excluding carboxylic acids is 1. The van der Waals surface area contributed by atoms with E-state index in [0.717, 1.165) is 0 Å². The third kappa shape index (κ3) is 3.46. The van der Waals surface area contributed by atoms with E-state index in [4.69, 9.17) is 4.74 Å². The summed E-state index contributed by atoms with van der Waals surface area (Å²) in [6.45, 7) is 3.56. The molecule has 2 aromatic rings. The van der Waals surface area contributed by atoms with E-state index in [9.17, 15) is 15.0 Å². The van der Waals surface area contributed by atoms with Crippen LogP contribution in [0, 0.1) is 0 Å².